The van der Waals surface area contributed by atoms with Crippen molar-refractivity contribution in [3.8, 4) is 0 Å². The molecule has 12 atom stereocenters. The summed E-state index contributed by atoms with van der Waals surface area (Å²) in [6.07, 6.45) is 16.5. The molecule has 760 valence electrons. The topological polar surface area (TPSA) is 725 Å². The minimum atomic E-state index is -1.94. The van der Waals surface area contributed by atoms with Crippen LogP contribution in [-0.2, 0) is 112 Å². The molecule has 0 unspecified atom stereocenters. The SMILES string of the molecule is CC(=O)[C@@H]1CCCCNC(=O)CC[C@H](NC(=O)[C@H](CCCCN)NC(=O)[C@H](CO)NC(=O)[C@H](Cc2c[nH]cn2)NC(=O)[C@H](CCC(N)=O)NC(=O)[C@H](CO)NC(=O)CNC(=O)COCCOCCNC(=O)CCCCCCCCCCCCCCCc2nnn[nH]2)C(=O)N2C[C@H](O)C[C@H]2C(=O)N[C@H](Cc2ccccc2)C(=O)N[C@@H](CCCNC(=N)N)C(=O)N[C@@H](Cc2c[nH]c3ccccc23)C(=O)N1. The Morgan fingerprint density at radius 2 is 1.21 bits per heavy atom. The van der Waals surface area contributed by atoms with Gasteiger partial charge in [0.05, 0.1) is 63.7 Å². The maximum absolute atomic E-state index is 15.4. The Kier molecular flexibility index (Phi) is 50.9. The lowest BCUT2D eigenvalue weighted by Crippen LogP contribution is -2.61. The molecule has 138 heavy (non-hydrogen) atoms. The number of primary amides is 1. The first-order chi connectivity index (χ1) is 66.5. The first-order valence-electron chi connectivity index (χ1n) is 47.6. The zero-order valence-corrected chi connectivity index (χ0v) is 78.4. The van der Waals surface area contributed by atoms with Gasteiger partial charge in [-0.05, 0) is 118 Å². The molecule has 5 aromatic rings. The molecular weight excluding hydrogens is 1790 g/mol. The number of unbranched alkanes of at least 4 members (excludes halogenated alkanes) is 13. The van der Waals surface area contributed by atoms with E-state index in [2.05, 4.69) is 110 Å². The van der Waals surface area contributed by atoms with E-state index in [1.807, 2.05) is 18.2 Å². The van der Waals surface area contributed by atoms with Crippen LogP contribution in [0.3, 0.4) is 0 Å². The summed E-state index contributed by atoms with van der Waals surface area (Å²) in [4.78, 5) is 236. The van der Waals surface area contributed by atoms with E-state index >= 15 is 14.4 Å². The number of fused-ring (bicyclic) bond motifs is 2. The van der Waals surface area contributed by atoms with Gasteiger partial charge in [0, 0.05) is 101 Å². The lowest BCUT2D eigenvalue weighted by Gasteiger charge is -2.31. The molecule has 0 aliphatic carbocycles. The number of nitrogens with one attached hydrogen (secondary N) is 18. The number of nitrogens with two attached hydrogens (primary N) is 3. The normalized spacial score (nSPS) is 18.7. The standard InChI is InChI=1S/C91H140N26O21/c1-57(120)63-28-21-23-39-97-78(124)37-35-68(90(136)117-52-61(121)48-74(117)89(135)111-69(45-58-25-14-13-15-26-58)84(130)105-66(31-24-40-99-91(94)95)82(128)109-70(85(131)104-63)46-59-49-100-64-29-19-18-27-62(59)64)108-81(127)65(30-20-22-38-92)106-88(134)73(54-119)112-86(132)71(47-60-50-96-56-102-60)110-83(129)67(34-36-75(93)122)107-87(133)72(53-118)103-79(125)51-101-80(126)55-138-44-43-137-42-41-98-77(123)33-17-12-10-8-6-4-2-3-5-7-9-11-16-32-76-113-115-116-114-76/h13-15,18-19,25-27,29,49-50,56,61,63,65-74,100,118-119,121H,2-12,16-17,20-24,28,30-48,51-55,92H2,1H3,(H2,93,122)(H,96,102)(H,97,124)(H,98,123)(H,101,126)(H,103,125)(H,104,131)(H,105,130)(H,106,134)(H,107,133)(H,108,127)(H,109,128)(H,110,129)(H,111,135)(H,112,132)(H4,94,95,99)(H,113,114,115,116)/t61-,63+,65+,66+,67+,68+,69-,70+,71+,72+,73+,74+/m1/s1. The van der Waals surface area contributed by atoms with Crippen LogP contribution in [0.15, 0.2) is 73.3 Å². The maximum Gasteiger partial charge on any atom is 0.246 e. The summed E-state index contributed by atoms with van der Waals surface area (Å²) < 4.78 is 10.8. The molecule has 47 nitrogen and oxygen atoms in total. The molecular formula is C91H140N26O21. The summed E-state index contributed by atoms with van der Waals surface area (Å²) in [5.41, 5.74) is 19.0. The van der Waals surface area contributed by atoms with Gasteiger partial charge in [-0.2, -0.15) is 0 Å². The fraction of sp³-hybridized carbons (Fsp3) is 0.615. The zero-order chi connectivity index (χ0) is 99.9. The summed E-state index contributed by atoms with van der Waals surface area (Å²) >= 11 is 0. The lowest BCUT2D eigenvalue weighted by atomic mass is 10.0. The van der Waals surface area contributed by atoms with Gasteiger partial charge in [0.15, 0.2) is 11.7 Å². The second-order valence-corrected chi connectivity index (χ2v) is 34.5. The first kappa shape index (κ1) is 112. The molecule has 0 spiro atoms. The number of aliphatic hydroxyl groups excluding tert-OH is 3. The van der Waals surface area contributed by atoms with Crippen molar-refractivity contribution >= 4 is 111 Å². The van der Waals surface area contributed by atoms with E-state index in [0.717, 1.165) is 60.2 Å². The molecule has 3 aromatic heterocycles. The number of ketones is 1. The Morgan fingerprint density at radius 3 is 1.88 bits per heavy atom. The number of nitrogens with zero attached hydrogens (tertiary/aromatic N) is 5. The second kappa shape index (κ2) is 62.7. The number of tetrazole rings is 1. The van der Waals surface area contributed by atoms with Crippen molar-refractivity contribution in [2.75, 3.05) is 78.9 Å². The molecule has 5 heterocycles. The number of carbonyl (C=O) groups excluding carboxylic acids is 16. The van der Waals surface area contributed by atoms with Gasteiger partial charge in [-0.15, -0.1) is 5.10 Å². The van der Waals surface area contributed by atoms with Gasteiger partial charge in [-0.25, -0.2) is 10.1 Å². The number of amides is 15. The highest BCUT2D eigenvalue weighted by molar-refractivity contribution is 6.01. The van der Waals surface area contributed by atoms with Crippen LogP contribution < -0.4 is 91.6 Å². The number of hydrogen-bond donors (Lipinski definition) is 24. The number of imidazole rings is 1. The molecule has 0 radical (unpaired) electrons. The molecule has 7 rings (SSSR count). The third-order valence-corrected chi connectivity index (χ3v) is 23.4. The van der Waals surface area contributed by atoms with Crippen molar-refractivity contribution in [3.05, 3.63) is 96.0 Å². The number of carbonyl (C=O) groups is 16. The molecule has 0 bridgehead atoms. The molecule has 0 saturated carbocycles. The van der Waals surface area contributed by atoms with E-state index in [1.54, 1.807) is 42.6 Å². The van der Waals surface area contributed by atoms with E-state index in [0.29, 0.717) is 17.5 Å². The Bertz CT molecular complexity index is 4680. The average molecular weight is 1930 g/mol. The number of ether oxygens (including phenoxy) is 2. The summed E-state index contributed by atoms with van der Waals surface area (Å²) in [5, 5.41) is 91.0. The Balaban J connectivity index is 0.957. The summed E-state index contributed by atoms with van der Waals surface area (Å²) in [5.74, 6) is -13.6. The van der Waals surface area contributed by atoms with Crippen LogP contribution in [0.25, 0.3) is 10.9 Å². The minimum absolute atomic E-state index is 0.00525. The van der Waals surface area contributed by atoms with Crippen molar-refractivity contribution in [2.45, 2.75) is 279 Å². The highest BCUT2D eigenvalue weighted by Crippen LogP contribution is 2.24. The number of H-pyrrole nitrogens is 3. The number of guanidine groups is 1. The van der Waals surface area contributed by atoms with Crippen LogP contribution in [0.2, 0.25) is 0 Å². The number of hydrogen-bond acceptors (Lipinski definition) is 27. The van der Waals surface area contributed by atoms with Crippen LogP contribution >= 0.6 is 0 Å². The number of Topliss-reactive ketones (excluding diaryl/α,β-unsaturated/α-hetero) is 1. The largest absolute Gasteiger partial charge is 0.394 e. The first-order valence-corrected chi connectivity index (χ1v) is 47.6. The van der Waals surface area contributed by atoms with Crippen molar-refractivity contribution in [3.63, 3.8) is 0 Å². The summed E-state index contributed by atoms with van der Waals surface area (Å²) in [7, 11) is 0. The number of aromatic nitrogens is 7. The monoisotopic (exact) mass is 1930 g/mol. The number of para-hydroxylation sites is 1. The average Bonchev–Trinajstić information content (AvgIpc) is 1.54. The summed E-state index contributed by atoms with van der Waals surface area (Å²) in [6, 6.07) is -1.97. The van der Waals surface area contributed by atoms with Gasteiger partial charge in [0.25, 0.3) is 0 Å². The third-order valence-electron chi connectivity index (χ3n) is 23.4. The van der Waals surface area contributed by atoms with Crippen LogP contribution in [-0.4, -0.2) is 308 Å². The van der Waals surface area contributed by atoms with Crippen molar-refractivity contribution < 1.29 is 102 Å². The summed E-state index contributed by atoms with van der Waals surface area (Å²) in [6.45, 7) is -2.00. The van der Waals surface area contributed by atoms with E-state index in [1.165, 1.54) is 70.8 Å². The van der Waals surface area contributed by atoms with Crippen LogP contribution in [0.5, 0.6) is 0 Å². The minimum Gasteiger partial charge on any atom is -0.394 e. The van der Waals surface area contributed by atoms with Gasteiger partial charge >= 0.3 is 0 Å². The molecule has 47 heteroatoms. The number of rotatable bonds is 57. The maximum atomic E-state index is 15.4. The quantitative estimate of drug-likeness (QED) is 0.0102. The fourth-order valence-corrected chi connectivity index (χ4v) is 15.8. The Morgan fingerprint density at radius 1 is 0.594 bits per heavy atom. The molecule has 27 N–H and O–H groups in total. The second-order valence-electron chi connectivity index (χ2n) is 34.5. The smallest absolute Gasteiger partial charge is 0.246 e. The zero-order valence-electron chi connectivity index (χ0n) is 78.4. The van der Waals surface area contributed by atoms with Crippen LogP contribution in [0.1, 0.15) is 203 Å². The third kappa shape index (κ3) is 41.9. The molecule has 15 amide bonds. The molecule has 2 aromatic carbocycles. The van der Waals surface area contributed by atoms with E-state index in [9.17, 15) is 77.6 Å². The number of aromatic amines is 3. The molecule has 2 aliphatic rings. The van der Waals surface area contributed by atoms with Gasteiger partial charge in [-0.3, -0.25) is 82.1 Å². The Hall–Kier alpha value is -13.0. The van der Waals surface area contributed by atoms with Crippen LogP contribution in [0.4, 0.5) is 0 Å². The van der Waals surface area contributed by atoms with E-state index < -0.39 is 232 Å². The highest BCUT2D eigenvalue weighted by atomic mass is 16.5. The van der Waals surface area contributed by atoms with Gasteiger partial charge in [0.1, 0.15) is 72.8 Å². The van der Waals surface area contributed by atoms with Crippen molar-refractivity contribution in [1.29, 1.82) is 5.41 Å². The highest BCUT2D eigenvalue weighted by Gasteiger charge is 2.44. The van der Waals surface area contributed by atoms with Gasteiger partial charge in [-0.1, -0.05) is 119 Å². The number of benzene rings is 2. The predicted octanol–water partition coefficient (Wildman–Crippen LogP) is -3.48. The van der Waals surface area contributed by atoms with Gasteiger partial charge in [0.2, 0.25) is 88.6 Å². The predicted molar refractivity (Wildman–Crippen MR) is 501 cm³/mol. The van der Waals surface area contributed by atoms with Crippen molar-refractivity contribution in [2.24, 2.45) is 17.2 Å². The van der Waals surface area contributed by atoms with Gasteiger partial charge < -0.3 is 131 Å². The lowest BCUT2D eigenvalue weighted by molar-refractivity contribution is -0.143. The number of aryl methyl sites for hydroxylation is 1. The van der Waals surface area contributed by atoms with Crippen molar-refractivity contribution in [1.82, 2.24) is 115 Å². The molecule has 2 fully saturated rings. The van der Waals surface area contributed by atoms with Crippen LogP contribution in [0, 0.1) is 5.41 Å². The van der Waals surface area contributed by atoms with E-state index in [4.69, 9.17) is 32.1 Å². The fourth-order valence-electron chi connectivity index (χ4n) is 15.8. The van der Waals surface area contributed by atoms with E-state index in [-0.39, 0.29) is 128 Å². The molecule has 2 aliphatic heterocycles. The Labute approximate surface area is 800 Å². The number of aliphatic hydroxyl groups is 3. The molecule has 2 saturated heterocycles.